The van der Waals surface area contributed by atoms with Crippen molar-refractivity contribution in [1.82, 2.24) is 0 Å². The maximum Gasteiger partial charge on any atom is 0.120 e. The van der Waals surface area contributed by atoms with Gasteiger partial charge in [0.25, 0.3) is 0 Å². The highest BCUT2D eigenvalue weighted by Crippen LogP contribution is 2.48. The van der Waals surface area contributed by atoms with Crippen molar-refractivity contribution in [3.8, 4) is 5.75 Å². The zero-order valence-electron chi connectivity index (χ0n) is 6.97. The second kappa shape index (κ2) is 4.53. The van der Waals surface area contributed by atoms with Crippen molar-refractivity contribution in [2.24, 2.45) is 0 Å². The number of phenols is 1. The summed E-state index contributed by atoms with van der Waals surface area (Å²) in [5.74, 6) is 0.430. The fourth-order valence-corrected chi connectivity index (χ4v) is 5.95. The quantitative estimate of drug-likeness (QED) is 0.796. The number of aromatic hydroxyl groups is 1. The summed E-state index contributed by atoms with van der Waals surface area (Å²) in [7, 11) is 0. The summed E-state index contributed by atoms with van der Waals surface area (Å²) >= 11 is 5.74. The monoisotopic (exact) mass is 230 g/mol. The second-order valence-corrected chi connectivity index (χ2v) is 6.87. The predicted octanol–water partition coefficient (Wildman–Crippen LogP) is 3.52. The van der Waals surface area contributed by atoms with Crippen LogP contribution in [0.25, 0.3) is 0 Å². The lowest BCUT2D eigenvalue weighted by Gasteiger charge is -2.21. The van der Waals surface area contributed by atoms with Crippen LogP contribution >= 0.6 is 35.3 Å². The van der Waals surface area contributed by atoms with Crippen LogP contribution in [0, 0.1) is 0 Å². The molecule has 70 valence electrons. The molecule has 0 saturated carbocycles. The van der Waals surface area contributed by atoms with E-state index in [4.69, 9.17) is 0 Å². The Bertz CT molecular complexity index is 284. The highest BCUT2D eigenvalue weighted by molar-refractivity contribution is 8.32. The van der Waals surface area contributed by atoms with E-state index >= 15 is 0 Å². The van der Waals surface area contributed by atoms with E-state index in [0.29, 0.717) is 10.3 Å². The molecule has 1 fully saturated rings. The standard InChI is InChI=1S/C9H10OS3/c10-8-4-2-1-3-7(8)9-12-5-11-6-13-9/h1-4,9-10H,5-6H2. The Balaban J connectivity index is 2.18. The van der Waals surface area contributed by atoms with Gasteiger partial charge >= 0.3 is 0 Å². The van der Waals surface area contributed by atoms with Gasteiger partial charge in [-0.05, 0) is 6.07 Å². The van der Waals surface area contributed by atoms with Gasteiger partial charge in [0.2, 0.25) is 0 Å². The van der Waals surface area contributed by atoms with Gasteiger partial charge < -0.3 is 5.11 Å². The third-order valence-electron chi connectivity index (χ3n) is 1.80. The molecule has 1 aliphatic heterocycles. The van der Waals surface area contributed by atoms with E-state index in [1.54, 1.807) is 6.07 Å². The average molecular weight is 230 g/mol. The highest BCUT2D eigenvalue weighted by atomic mass is 32.3. The molecular weight excluding hydrogens is 220 g/mol. The van der Waals surface area contributed by atoms with Crippen LogP contribution in [0.4, 0.5) is 0 Å². The zero-order chi connectivity index (χ0) is 9.10. The molecule has 1 aliphatic rings. The van der Waals surface area contributed by atoms with Crippen LogP contribution in [-0.2, 0) is 0 Å². The van der Waals surface area contributed by atoms with Crippen molar-refractivity contribution >= 4 is 35.3 Å². The number of para-hydroxylation sites is 1. The molecule has 1 heterocycles. The van der Waals surface area contributed by atoms with Gasteiger partial charge in [0.05, 0.1) is 4.58 Å². The topological polar surface area (TPSA) is 20.2 Å². The van der Waals surface area contributed by atoms with Crippen LogP contribution < -0.4 is 0 Å². The van der Waals surface area contributed by atoms with Gasteiger partial charge in [-0.3, -0.25) is 0 Å². The van der Waals surface area contributed by atoms with Crippen LogP contribution in [0.3, 0.4) is 0 Å². The maximum absolute atomic E-state index is 9.63. The van der Waals surface area contributed by atoms with E-state index in [2.05, 4.69) is 0 Å². The Morgan fingerprint density at radius 1 is 1.15 bits per heavy atom. The van der Waals surface area contributed by atoms with E-state index in [1.807, 2.05) is 53.5 Å². The zero-order valence-corrected chi connectivity index (χ0v) is 9.42. The molecule has 0 aromatic heterocycles. The third kappa shape index (κ3) is 2.30. The summed E-state index contributed by atoms with van der Waals surface area (Å²) in [6, 6.07) is 7.62. The first-order chi connectivity index (χ1) is 6.38. The summed E-state index contributed by atoms with van der Waals surface area (Å²) < 4.78 is 0.419. The van der Waals surface area contributed by atoms with E-state index < -0.39 is 0 Å². The van der Waals surface area contributed by atoms with Gasteiger partial charge in [-0.2, -0.15) is 0 Å². The van der Waals surface area contributed by atoms with Crippen LogP contribution in [0.5, 0.6) is 5.75 Å². The molecule has 0 amide bonds. The molecule has 0 bridgehead atoms. The van der Waals surface area contributed by atoms with Gasteiger partial charge in [0, 0.05) is 15.7 Å². The summed E-state index contributed by atoms with van der Waals surface area (Å²) in [4.78, 5) is 0. The van der Waals surface area contributed by atoms with Gasteiger partial charge in [-0.25, -0.2) is 0 Å². The fourth-order valence-electron chi connectivity index (χ4n) is 1.17. The van der Waals surface area contributed by atoms with Gasteiger partial charge in [0.1, 0.15) is 5.75 Å². The number of hydrogen-bond acceptors (Lipinski definition) is 4. The molecule has 4 heteroatoms. The van der Waals surface area contributed by atoms with Crippen LogP contribution in [0.2, 0.25) is 0 Å². The number of rotatable bonds is 1. The summed E-state index contributed by atoms with van der Waals surface area (Å²) in [5.41, 5.74) is 1.07. The molecule has 13 heavy (non-hydrogen) atoms. The first kappa shape index (κ1) is 9.62. The van der Waals surface area contributed by atoms with Gasteiger partial charge in [0.15, 0.2) is 0 Å². The van der Waals surface area contributed by atoms with Gasteiger partial charge in [-0.1, -0.05) is 18.2 Å². The Morgan fingerprint density at radius 2 is 1.85 bits per heavy atom. The number of benzene rings is 1. The van der Waals surface area contributed by atoms with Crippen molar-refractivity contribution in [1.29, 1.82) is 0 Å². The van der Waals surface area contributed by atoms with Crippen LogP contribution in [-0.4, -0.2) is 15.3 Å². The normalized spacial score (nSPS) is 18.8. The Morgan fingerprint density at radius 3 is 2.54 bits per heavy atom. The largest absolute Gasteiger partial charge is 0.508 e. The van der Waals surface area contributed by atoms with E-state index in [9.17, 15) is 5.11 Å². The fraction of sp³-hybridized carbons (Fsp3) is 0.333. The second-order valence-electron chi connectivity index (χ2n) is 2.66. The highest BCUT2D eigenvalue weighted by Gasteiger charge is 2.18. The van der Waals surface area contributed by atoms with E-state index in [0.717, 1.165) is 15.7 Å². The molecule has 0 aliphatic carbocycles. The molecule has 1 N–H and O–H groups in total. The average Bonchev–Trinajstić information content (AvgIpc) is 2.20. The van der Waals surface area contributed by atoms with Crippen LogP contribution in [0.15, 0.2) is 24.3 Å². The lowest BCUT2D eigenvalue weighted by molar-refractivity contribution is 0.470. The molecule has 0 radical (unpaired) electrons. The predicted molar refractivity (Wildman–Crippen MR) is 63.4 cm³/mol. The SMILES string of the molecule is Oc1ccccc1C1SCSCS1. The summed E-state index contributed by atoms with van der Waals surface area (Å²) in [6.07, 6.45) is 0. The first-order valence-corrected chi connectivity index (χ1v) is 7.22. The summed E-state index contributed by atoms with van der Waals surface area (Å²) in [6.45, 7) is 0. The van der Waals surface area contributed by atoms with Crippen LogP contribution in [0.1, 0.15) is 10.1 Å². The van der Waals surface area contributed by atoms with Gasteiger partial charge in [-0.15, -0.1) is 35.3 Å². The van der Waals surface area contributed by atoms with Crippen molar-refractivity contribution in [3.63, 3.8) is 0 Å². The molecule has 1 aromatic rings. The van der Waals surface area contributed by atoms with Crippen molar-refractivity contribution in [3.05, 3.63) is 29.8 Å². The third-order valence-corrected chi connectivity index (χ3v) is 6.15. The first-order valence-electron chi connectivity index (χ1n) is 3.97. The molecular formula is C9H10OS3. The number of thioether (sulfide) groups is 3. The van der Waals surface area contributed by atoms with Crippen molar-refractivity contribution in [2.45, 2.75) is 4.58 Å². The van der Waals surface area contributed by atoms with E-state index in [-0.39, 0.29) is 0 Å². The Hall–Kier alpha value is 0.0700. The molecule has 1 nitrogen and oxygen atoms in total. The number of hydrogen-bond donors (Lipinski definition) is 1. The molecule has 0 spiro atoms. The molecule has 0 atom stereocenters. The molecule has 2 rings (SSSR count). The molecule has 1 saturated heterocycles. The minimum Gasteiger partial charge on any atom is -0.508 e. The lowest BCUT2D eigenvalue weighted by Crippen LogP contribution is -1.95. The summed E-state index contributed by atoms with van der Waals surface area (Å²) in [5, 5.41) is 11.9. The lowest BCUT2D eigenvalue weighted by atomic mass is 10.2. The van der Waals surface area contributed by atoms with Crippen molar-refractivity contribution < 1.29 is 5.11 Å². The Labute approximate surface area is 90.7 Å². The van der Waals surface area contributed by atoms with Crippen molar-refractivity contribution in [2.75, 3.05) is 10.2 Å². The maximum atomic E-state index is 9.63. The van der Waals surface area contributed by atoms with E-state index in [1.165, 1.54) is 0 Å². The molecule has 1 aromatic carbocycles. The smallest absolute Gasteiger partial charge is 0.120 e. The molecule has 0 unspecified atom stereocenters. The Kier molecular flexibility index (Phi) is 3.35. The minimum atomic E-state index is 0.419. The number of phenolic OH excluding ortho intramolecular Hbond substituents is 1. The minimum absolute atomic E-state index is 0.419.